The second-order valence-corrected chi connectivity index (χ2v) is 7.39. The lowest BCUT2D eigenvalue weighted by molar-refractivity contribution is -0.223. The van der Waals surface area contributed by atoms with Gasteiger partial charge in [0.1, 0.15) is 6.61 Å². The molecule has 0 fully saturated rings. The lowest BCUT2D eigenvalue weighted by atomic mass is 10.1. The van der Waals surface area contributed by atoms with Gasteiger partial charge < -0.3 is 10.1 Å². The number of nitrogens with one attached hydrogen (secondary N) is 1. The summed E-state index contributed by atoms with van der Waals surface area (Å²) in [7, 11) is -0.811. The average molecular weight is 368 g/mol. The number of nitrogens with zero attached hydrogens (tertiary/aromatic N) is 1. The van der Waals surface area contributed by atoms with E-state index < -0.39 is 34.8 Å². The molecule has 0 spiro atoms. The van der Waals surface area contributed by atoms with Crippen molar-refractivity contribution in [1.82, 2.24) is 9.62 Å². The van der Waals surface area contributed by atoms with Gasteiger partial charge in [0.2, 0.25) is 15.9 Å². The van der Waals surface area contributed by atoms with Gasteiger partial charge in [-0.15, -0.1) is 0 Å². The highest BCUT2D eigenvalue weighted by molar-refractivity contribution is 7.89. The normalized spacial score (nSPS) is 13.8. The van der Waals surface area contributed by atoms with Crippen molar-refractivity contribution >= 4 is 15.9 Å². The van der Waals surface area contributed by atoms with Crippen molar-refractivity contribution < 1.29 is 31.1 Å². The number of alkyl halides is 3. The van der Waals surface area contributed by atoms with Gasteiger partial charge >= 0.3 is 6.18 Å². The van der Waals surface area contributed by atoms with E-state index in [4.69, 9.17) is 0 Å². The molecule has 1 aromatic rings. The first-order valence-electron chi connectivity index (χ1n) is 6.94. The number of carbonyl (C=O) groups excluding carboxylic acids is 1. The number of amides is 1. The van der Waals surface area contributed by atoms with Gasteiger partial charge in [-0.1, -0.05) is 30.3 Å². The molecule has 0 heterocycles. The van der Waals surface area contributed by atoms with Crippen LogP contribution >= 0.6 is 0 Å². The van der Waals surface area contributed by atoms with Crippen LogP contribution < -0.4 is 5.32 Å². The Morgan fingerprint density at radius 3 is 2.33 bits per heavy atom. The summed E-state index contributed by atoms with van der Waals surface area (Å²) >= 11 is 0. The second kappa shape index (κ2) is 8.45. The molecule has 0 aromatic heterocycles. The number of sulfonamides is 1. The smallest absolute Gasteiger partial charge is 0.354 e. The van der Waals surface area contributed by atoms with Gasteiger partial charge in [0.15, 0.2) is 6.10 Å². The summed E-state index contributed by atoms with van der Waals surface area (Å²) in [4.78, 5) is 11.5. The number of halogens is 3. The molecular formula is C14H19F3N2O4S. The third-order valence-corrected chi connectivity index (χ3v) is 4.85. The van der Waals surface area contributed by atoms with Crippen LogP contribution in [0.2, 0.25) is 0 Å². The zero-order chi connectivity index (χ0) is 18.4. The topological polar surface area (TPSA) is 75.7 Å². The minimum atomic E-state index is -4.67. The van der Waals surface area contributed by atoms with Crippen LogP contribution in [0.5, 0.6) is 0 Å². The van der Waals surface area contributed by atoms with Crippen LogP contribution in [0.4, 0.5) is 13.2 Å². The predicted octanol–water partition coefficient (Wildman–Crippen LogP) is 1.31. The maximum atomic E-state index is 13.0. The molecule has 0 saturated carbocycles. The Hall–Kier alpha value is -1.65. The van der Waals surface area contributed by atoms with E-state index in [2.05, 4.69) is 10.1 Å². The molecule has 0 aliphatic carbocycles. The third-order valence-electron chi connectivity index (χ3n) is 3.02. The number of benzene rings is 1. The molecule has 6 nitrogen and oxygen atoms in total. The maximum absolute atomic E-state index is 13.0. The molecule has 136 valence electrons. The van der Waals surface area contributed by atoms with Crippen LogP contribution in [0.3, 0.4) is 0 Å². The lowest BCUT2D eigenvalue weighted by Crippen LogP contribution is -2.36. The summed E-state index contributed by atoms with van der Waals surface area (Å²) in [5, 5.41) is 2.21. The van der Waals surface area contributed by atoms with Crippen molar-refractivity contribution in [2.45, 2.75) is 12.3 Å². The summed E-state index contributed by atoms with van der Waals surface area (Å²) in [5.74, 6) is -1.18. The maximum Gasteiger partial charge on any atom is 0.418 e. The number of hydrogen-bond acceptors (Lipinski definition) is 4. The molecule has 1 atom stereocenters. The molecule has 1 aromatic carbocycles. The van der Waals surface area contributed by atoms with Gasteiger partial charge in [0, 0.05) is 20.6 Å². The van der Waals surface area contributed by atoms with Crippen molar-refractivity contribution in [3.05, 3.63) is 35.9 Å². The van der Waals surface area contributed by atoms with Gasteiger partial charge in [-0.2, -0.15) is 13.2 Å². The molecule has 0 radical (unpaired) electrons. The van der Waals surface area contributed by atoms with Gasteiger partial charge in [0.25, 0.3) is 0 Å². The predicted molar refractivity (Wildman–Crippen MR) is 81.7 cm³/mol. The van der Waals surface area contributed by atoms with Crippen molar-refractivity contribution in [3.63, 3.8) is 0 Å². The first-order valence-corrected chi connectivity index (χ1v) is 8.55. The Labute approximate surface area is 138 Å². The molecule has 0 aliphatic heterocycles. The van der Waals surface area contributed by atoms with Crippen LogP contribution in [0.1, 0.15) is 11.7 Å². The van der Waals surface area contributed by atoms with Crippen molar-refractivity contribution in [2.75, 3.05) is 33.0 Å². The van der Waals surface area contributed by atoms with Crippen molar-refractivity contribution in [2.24, 2.45) is 0 Å². The van der Waals surface area contributed by atoms with E-state index in [9.17, 15) is 26.4 Å². The first kappa shape index (κ1) is 20.4. The lowest BCUT2D eigenvalue weighted by Gasteiger charge is -2.21. The van der Waals surface area contributed by atoms with Crippen LogP contribution in [-0.4, -0.2) is 57.8 Å². The largest absolute Gasteiger partial charge is 0.418 e. The highest BCUT2D eigenvalue weighted by Crippen LogP contribution is 2.35. The summed E-state index contributed by atoms with van der Waals surface area (Å²) in [6.45, 7) is -1.05. The Kier molecular flexibility index (Phi) is 7.18. The zero-order valence-electron chi connectivity index (χ0n) is 13.2. The molecular weight excluding hydrogens is 349 g/mol. The molecule has 1 rings (SSSR count). The summed E-state index contributed by atoms with van der Waals surface area (Å²) in [6, 6.07) is 6.93. The standard InChI is InChI=1S/C14H19F3N2O4S/c1-19(2)24(21,22)9-8-18-12(20)10-23-13(14(15,16)17)11-6-4-3-5-7-11/h3-7,13H,8-10H2,1-2H3,(H,18,20)/t13-/m0/s1. The fourth-order valence-corrected chi connectivity index (χ4v) is 2.44. The van der Waals surface area contributed by atoms with Gasteiger partial charge in [-0.25, -0.2) is 12.7 Å². The van der Waals surface area contributed by atoms with E-state index in [1.165, 1.54) is 38.4 Å². The van der Waals surface area contributed by atoms with Crippen LogP contribution in [0.25, 0.3) is 0 Å². The van der Waals surface area contributed by atoms with Crippen LogP contribution in [0.15, 0.2) is 30.3 Å². The van der Waals surface area contributed by atoms with Crippen molar-refractivity contribution in [1.29, 1.82) is 0 Å². The van der Waals surface area contributed by atoms with E-state index >= 15 is 0 Å². The Morgan fingerprint density at radius 2 is 1.83 bits per heavy atom. The van der Waals surface area contributed by atoms with E-state index in [1.807, 2.05) is 0 Å². The zero-order valence-corrected chi connectivity index (χ0v) is 14.0. The summed E-state index contributed by atoms with van der Waals surface area (Å²) in [5.41, 5.74) is -0.118. The Bertz CT molecular complexity index is 633. The minimum absolute atomic E-state index is 0.118. The van der Waals surface area contributed by atoms with Crippen LogP contribution in [-0.2, 0) is 19.6 Å². The molecule has 1 amide bonds. The van der Waals surface area contributed by atoms with E-state index in [-0.39, 0.29) is 17.9 Å². The Morgan fingerprint density at radius 1 is 1.25 bits per heavy atom. The van der Waals surface area contributed by atoms with Gasteiger partial charge in [-0.3, -0.25) is 4.79 Å². The molecule has 1 N–H and O–H groups in total. The molecule has 0 bridgehead atoms. The van der Waals surface area contributed by atoms with Crippen molar-refractivity contribution in [3.8, 4) is 0 Å². The van der Waals surface area contributed by atoms with Gasteiger partial charge in [-0.05, 0) is 5.56 Å². The monoisotopic (exact) mass is 368 g/mol. The Balaban J connectivity index is 2.55. The summed E-state index contributed by atoms with van der Waals surface area (Å²) in [6.07, 6.45) is -6.90. The summed E-state index contributed by atoms with van der Waals surface area (Å²) < 4.78 is 67.7. The highest BCUT2D eigenvalue weighted by atomic mass is 32.2. The molecule has 0 unspecified atom stereocenters. The number of ether oxygens (including phenoxy) is 1. The van der Waals surface area contributed by atoms with Gasteiger partial charge in [0.05, 0.1) is 5.75 Å². The number of rotatable bonds is 8. The van der Waals surface area contributed by atoms with E-state index in [0.717, 1.165) is 4.31 Å². The van der Waals surface area contributed by atoms with E-state index in [0.29, 0.717) is 0 Å². The second-order valence-electron chi connectivity index (χ2n) is 5.09. The highest BCUT2D eigenvalue weighted by Gasteiger charge is 2.42. The fourth-order valence-electron chi connectivity index (χ4n) is 1.72. The molecule has 24 heavy (non-hydrogen) atoms. The molecule has 10 heteroatoms. The average Bonchev–Trinajstić information content (AvgIpc) is 2.46. The molecule has 0 saturated heterocycles. The number of hydrogen-bond donors (Lipinski definition) is 1. The first-order chi connectivity index (χ1) is 11.0. The minimum Gasteiger partial charge on any atom is -0.354 e. The fraction of sp³-hybridized carbons (Fsp3) is 0.500. The quantitative estimate of drug-likeness (QED) is 0.751. The van der Waals surface area contributed by atoms with E-state index in [1.54, 1.807) is 6.07 Å². The molecule has 0 aliphatic rings. The SMILES string of the molecule is CN(C)S(=O)(=O)CCNC(=O)CO[C@@H](c1ccccc1)C(F)(F)F. The number of carbonyl (C=O) groups is 1. The third kappa shape index (κ3) is 6.46. The van der Waals surface area contributed by atoms with Crippen LogP contribution in [0, 0.1) is 0 Å².